The Kier molecular flexibility index (Phi) is 3.94. The van der Waals surface area contributed by atoms with Crippen molar-refractivity contribution in [2.24, 2.45) is 0 Å². The Morgan fingerprint density at radius 2 is 2.10 bits per heavy atom. The SMILES string of the molecule is CCCN1CCCN(c2nccn(C3CC3)c2=O)CC1=O. The Morgan fingerprint density at radius 1 is 1.29 bits per heavy atom. The number of hydrogen-bond donors (Lipinski definition) is 0. The Balaban J connectivity index is 1.82. The van der Waals surface area contributed by atoms with Gasteiger partial charge in [-0.05, 0) is 25.7 Å². The second-order valence-corrected chi connectivity index (χ2v) is 5.85. The third kappa shape index (κ3) is 2.94. The lowest BCUT2D eigenvalue weighted by molar-refractivity contribution is -0.129. The molecule has 0 atom stereocenters. The summed E-state index contributed by atoms with van der Waals surface area (Å²) in [7, 11) is 0. The van der Waals surface area contributed by atoms with Gasteiger partial charge in [0.05, 0.1) is 6.54 Å². The van der Waals surface area contributed by atoms with Crippen LogP contribution in [0.4, 0.5) is 5.82 Å². The van der Waals surface area contributed by atoms with Gasteiger partial charge < -0.3 is 14.4 Å². The van der Waals surface area contributed by atoms with Crippen LogP contribution in [0.15, 0.2) is 17.2 Å². The molecule has 6 heteroatoms. The molecule has 2 fully saturated rings. The lowest BCUT2D eigenvalue weighted by Crippen LogP contribution is -2.40. The van der Waals surface area contributed by atoms with Gasteiger partial charge >= 0.3 is 0 Å². The zero-order chi connectivity index (χ0) is 14.8. The molecule has 2 aliphatic rings. The van der Waals surface area contributed by atoms with Crippen LogP contribution in [0.25, 0.3) is 0 Å². The lowest BCUT2D eigenvalue weighted by atomic mass is 10.3. The molecule has 1 aliphatic carbocycles. The third-order valence-corrected chi connectivity index (χ3v) is 4.12. The van der Waals surface area contributed by atoms with Crippen LogP contribution in [0.3, 0.4) is 0 Å². The maximum atomic E-state index is 12.5. The van der Waals surface area contributed by atoms with Crippen LogP contribution in [0.2, 0.25) is 0 Å². The molecule has 6 nitrogen and oxygen atoms in total. The van der Waals surface area contributed by atoms with Gasteiger partial charge in [-0.15, -0.1) is 0 Å². The van der Waals surface area contributed by atoms with Gasteiger partial charge in [-0.1, -0.05) is 6.92 Å². The summed E-state index contributed by atoms with van der Waals surface area (Å²) in [4.78, 5) is 32.8. The summed E-state index contributed by atoms with van der Waals surface area (Å²) in [6.45, 7) is 4.61. The summed E-state index contributed by atoms with van der Waals surface area (Å²) in [5.74, 6) is 0.522. The number of carbonyl (C=O) groups excluding carboxylic acids is 1. The lowest BCUT2D eigenvalue weighted by Gasteiger charge is -2.22. The Hall–Kier alpha value is -1.85. The zero-order valence-electron chi connectivity index (χ0n) is 12.5. The molecule has 1 aromatic rings. The summed E-state index contributed by atoms with van der Waals surface area (Å²) in [6.07, 6.45) is 7.40. The molecular formula is C15H22N4O2. The molecule has 0 spiro atoms. The van der Waals surface area contributed by atoms with Crippen molar-refractivity contribution in [1.82, 2.24) is 14.5 Å². The molecule has 3 rings (SSSR count). The van der Waals surface area contributed by atoms with Crippen molar-refractivity contribution in [2.45, 2.75) is 38.6 Å². The molecule has 1 saturated carbocycles. The normalized spacial score (nSPS) is 19.8. The molecule has 0 bridgehead atoms. The summed E-state index contributed by atoms with van der Waals surface area (Å²) in [5.41, 5.74) is -0.0586. The van der Waals surface area contributed by atoms with Gasteiger partial charge in [0.25, 0.3) is 5.56 Å². The standard InChI is InChI=1S/C15H22N4O2/c1-2-7-17-8-3-9-18(11-13(17)20)14-15(21)19(10-6-16-14)12-4-5-12/h6,10,12H,2-5,7-9,11H2,1H3. The number of nitrogens with zero attached hydrogens (tertiary/aromatic N) is 4. The van der Waals surface area contributed by atoms with Crippen LogP contribution < -0.4 is 10.5 Å². The van der Waals surface area contributed by atoms with Crippen molar-refractivity contribution in [3.05, 3.63) is 22.7 Å². The molecule has 0 radical (unpaired) electrons. The van der Waals surface area contributed by atoms with Gasteiger partial charge in [0.15, 0.2) is 5.82 Å². The van der Waals surface area contributed by atoms with Crippen molar-refractivity contribution in [3.8, 4) is 0 Å². The molecule has 21 heavy (non-hydrogen) atoms. The average Bonchev–Trinajstić information content (AvgIpc) is 3.30. The molecule has 114 valence electrons. The summed E-state index contributed by atoms with van der Waals surface area (Å²) in [6, 6.07) is 0.332. The predicted molar refractivity (Wildman–Crippen MR) is 80.5 cm³/mol. The molecule has 1 aromatic heterocycles. The molecule has 0 aromatic carbocycles. The van der Waals surface area contributed by atoms with Crippen LogP contribution in [0.1, 0.15) is 38.6 Å². The largest absolute Gasteiger partial charge is 0.343 e. The van der Waals surface area contributed by atoms with E-state index in [1.54, 1.807) is 17.0 Å². The van der Waals surface area contributed by atoms with Gasteiger partial charge in [-0.2, -0.15) is 0 Å². The summed E-state index contributed by atoms with van der Waals surface area (Å²) >= 11 is 0. The van der Waals surface area contributed by atoms with E-state index in [0.29, 0.717) is 18.4 Å². The number of amides is 1. The fourth-order valence-electron chi connectivity index (χ4n) is 2.88. The van der Waals surface area contributed by atoms with Crippen molar-refractivity contribution in [2.75, 3.05) is 31.1 Å². The van der Waals surface area contributed by atoms with Crippen LogP contribution in [-0.4, -0.2) is 46.5 Å². The highest BCUT2D eigenvalue weighted by Crippen LogP contribution is 2.33. The Labute approximate surface area is 124 Å². The first-order valence-corrected chi connectivity index (χ1v) is 7.80. The van der Waals surface area contributed by atoms with Gasteiger partial charge in [-0.25, -0.2) is 4.98 Å². The van der Waals surface area contributed by atoms with Crippen LogP contribution in [-0.2, 0) is 4.79 Å². The third-order valence-electron chi connectivity index (χ3n) is 4.12. The highest BCUT2D eigenvalue weighted by Gasteiger charge is 2.28. The molecule has 2 heterocycles. The van der Waals surface area contributed by atoms with Gasteiger partial charge in [-0.3, -0.25) is 9.59 Å². The topological polar surface area (TPSA) is 58.4 Å². The first-order valence-electron chi connectivity index (χ1n) is 7.80. The van der Waals surface area contributed by atoms with E-state index in [0.717, 1.165) is 38.8 Å². The van der Waals surface area contributed by atoms with Crippen LogP contribution >= 0.6 is 0 Å². The van der Waals surface area contributed by atoms with Gasteiger partial charge in [0.1, 0.15) is 0 Å². The van der Waals surface area contributed by atoms with Crippen molar-refractivity contribution >= 4 is 11.7 Å². The molecule has 1 aliphatic heterocycles. The number of rotatable bonds is 4. The minimum absolute atomic E-state index is 0.0586. The van der Waals surface area contributed by atoms with Crippen molar-refractivity contribution in [1.29, 1.82) is 0 Å². The minimum atomic E-state index is -0.0586. The Bertz CT molecular complexity index is 579. The van der Waals surface area contributed by atoms with Crippen LogP contribution in [0, 0.1) is 0 Å². The van der Waals surface area contributed by atoms with Gasteiger partial charge in [0.2, 0.25) is 5.91 Å². The van der Waals surface area contributed by atoms with E-state index in [1.165, 1.54) is 0 Å². The molecule has 0 unspecified atom stereocenters. The fourth-order valence-corrected chi connectivity index (χ4v) is 2.88. The first kappa shape index (κ1) is 14.1. The summed E-state index contributed by atoms with van der Waals surface area (Å²) < 4.78 is 1.77. The smallest absolute Gasteiger partial charge is 0.293 e. The highest BCUT2D eigenvalue weighted by atomic mass is 16.2. The number of anilines is 1. The van der Waals surface area contributed by atoms with Crippen LogP contribution in [0.5, 0.6) is 0 Å². The minimum Gasteiger partial charge on any atom is -0.343 e. The average molecular weight is 290 g/mol. The van der Waals surface area contributed by atoms with E-state index in [1.807, 2.05) is 9.80 Å². The number of hydrogen-bond acceptors (Lipinski definition) is 4. The van der Waals surface area contributed by atoms with E-state index < -0.39 is 0 Å². The van der Waals surface area contributed by atoms with E-state index in [2.05, 4.69) is 11.9 Å². The van der Waals surface area contributed by atoms with E-state index in [9.17, 15) is 9.59 Å². The quantitative estimate of drug-likeness (QED) is 0.831. The highest BCUT2D eigenvalue weighted by molar-refractivity contribution is 5.81. The maximum Gasteiger partial charge on any atom is 0.293 e. The maximum absolute atomic E-state index is 12.5. The van der Waals surface area contributed by atoms with E-state index >= 15 is 0 Å². The molecule has 1 amide bonds. The Morgan fingerprint density at radius 3 is 2.81 bits per heavy atom. The second-order valence-electron chi connectivity index (χ2n) is 5.85. The molecule has 1 saturated heterocycles. The van der Waals surface area contributed by atoms with Gasteiger partial charge in [0, 0.05) is 38.1 Å². The van der Waals surface area contributed by atoms with E-state index in [4.69, 9.17) is 0 Å². The summed E-state index contributed by atoms with van der Waals surface area (Å²) in [5, 5.41) is 0. The fraction of sp³-hybridized carbons (Fsp3) is 0.667. The zero-order valence-corrected chi connectivity index (χ0v) is 12.5. The second kappa shape index (κ2) is 5.87. The van der Waals surface area contributed by atoms with E-state index in [-0.39, 0.29) is 18.0 Å². The number of carbonyl (C=O) groups is 1. The molecular weight excluding hydrogens is 268 g/mol. The monoisotopic (exact) mass is 290 g/mol. The predicted octanol–water partition coefficient (Wildman–Crippen LogP) is 1.03. The first-order chi connectivity index (χ1) is 10.2. The molecule has 0 N–H and O–H groups in total. The number of aromatic nitrogens is 2. The van der Waals surface area contributed by atoms with Crippen molar-refractivity contribution in [3.63, 3.8) is 0 Å². The van der Waals surface area contributed by atoms with Crippen molar-refractivity contribution < 1.29 is 4.79 Å².